The summed E-state index contributed by atoms with van der Waals surface area (Å²) in [6, 6.07) is 8.74. The zero-order chi connectivity index (χ0) is 11.5. The van der Waals surface area contributed by atoms with E-state index in [1.54, 1.807) is 0 Å². The van der Waals surface area contributed by atoms with Gasteiger partial charge in [0.2, 0.25) is 0 Å². The van der Waals surface area contributed by atoms with Gasteiger partial charge in [-0.25, -0.2) is 10.0 Å². The molecular formula is C13H21ClS. The van der Waals surface area contributed by atoms with Gasteiger partial charge in [0.25, 0.3) is 0 Å². The molecular weight excluding hydrogens is 224 g/mol. The number of benzene rings is 1. The van der Waals surface area contributed by atoms with Crippen molar-refractivity contribution in [3.05, 3.63) is 35.4 Å². The summed E-state index contributed by atoms with van der Waals surface area (Å²) in [5, 5.41) is 0.673. The summed E-state index contributed by atoms with van der Waals surface area (Å²) in [5.41, 5.74) is 2.66. The molecule has 1 aromatic carbocycles. The maximum Gasteiger partial charge on any atom is 0.0474 e. The quantitative estimate of drug-likeness (QED) is 0.681. The van der Waals surface area contributed by atoms with Gasteiger partial charge in [0.1, 0.15) is 0 Å². The minimum Gasteiger partial charge on any atom is -0.240 e. The van der Waals surface area contributed by atoms with Crippen molar-refractivity contribution in [3.63, 3.8) is 0 Å². The van der Waals surface area contributed by atoms with Crippen molar-refractivity contribution >= 4 is 21.6 Å². The van der Waals surface area contributed by atoms with Crippen LogP contribution in [0.5, 0.6) is 0 Å². The van der Waals surface area contributed by atoms with Crippen LogP contribution in [0.15, 0.2) is 24.3 Å². The molecule has 0 spiro atoms. The van der Waals surface area contributed by atoms with Gasteiger partial charge in [-0.2, -0.15) is 0 Å². The van der Waals surface area contributed by atoms with E-state index in [0.29, 0.717) is 11.1 Å². The van der Waals surface area contributed by atoms with Crippen LogP contribution in [0.1, 0.15) is 30.2 Å². The largest absolute Gasteiger partial charge is 0.240 e. The molecule has 0 saturated heterocycles. The fraction of sp³-hybridized carbons (Fsp3) is 0.538. The average molecular weight is 245 g/mol. The number of hydrogen-bond donors (Lipinski definition) is 0. The SMILES string of the molecule is CCS(C)(C)C(C)c1ccc(CCl)cc1. The summed E-state index contributed by atoms with van der Waals surface area (Å²) in [6.45, 7) is 4.63. The van der Waals surface area contributed by atoms with E-state index in [9.17, 15) is 0 Å². The van der Waals surface area contributed by atoms with Gasteiger partial charge in [-0.15, -0.1) is 11.6 Å². The third-order valence-electron chi connectivity index (χ3n) is 3.30. The summed E-state index contributed by atoms with van der Waals surface area (Å²) in [6.07, 6.45) is 4.82. The molecule has 0 fully saturated rings. The highest BCUT2D eigenvalue weighted by Gasteiger charge is 2.19. The second-order valence-corrected chi connectivity index (χ2v) is 9.23. The van der Waals surface area contributed by atoms with Crippen molar-refractivity contribution in [2.75, 3.05) is 18.3 Å². The molecule has 0 saturated carbocycles. The highest BCUT2D eigenvalue weighted by molar-refractivity contribution is 8.32. The Kier molecular flexibility index (Phi) is 4.54. The van der Waals surface area contributed by atoms with Crippen molar-refractivity contribution in [3.8, 4) is 0 Å². The van der Waals surface area contributed by atoms with Crippen molar-refractivity contribution in [2.24, 2.45) is 0 Å². The smallest absolute Gasteiger partial charge is 0.0474 e. The van der Waals surface area contributed by atoms with Gasteiger partial charge < -0.3 is 0 Å². The Hall–Kier alpha value is -0.140. The number of halogens is 1. The Morgan fingerprint density at radius 2 is 1.73 bits per heavy atom. The maximum absolute atomic E-state index is 5.78. The van der Waals surface area contributed by atoms with Gasteiger partial charge in [-0.1, -0.05) is 38.1 Å². The monoisotopic (exact) mass is 244 g/mol. The van der Waals surface area contributed by atoms with E-state index in [1.165, 1.54) is 16.9 Å². The van der Waals surface area contributed by atoms with Crippen molar-refractivity contribution in [2.45, 2.75) is 25.0 Å². The Bertz CT molecular complexity index is 303. The van der Waals surface area contributed by atoms with Crippen LogP contribution in [0.25, 0.3) is 0 Å². The van der Waals surface area contributed by atoms with E-state index in [4.69, 9.17) is 11.6 Å². The molecule has 0 aliphatic rings. The molecule has 1 unspecified atom stereocenters. The normalized spacial score (nSPS) is 15.0. The van der Waals surface area contributed by atoms with Crippen LogP contribution >= 0.6 is 21.6 Å². The molecule has 0 aromatic heterocycles. The highest BCUT2D eigenvalue weighted by atomic mass is 35.5. The van der Waals surface area contributed by atoms with Gasteiger partial charge in [0.15, 0.2) is 0 Å². The first-order valence-corrected chi connectivity index (χ1v) is 8.57. The molecule has 0 bridgehead atoms. The molecule has 15 heavy (non-hydrogen) atoms. The van der Waals surface area contributed by atoms with Crippen LogP contribution in [0.4, 0.5) is 0 Å². The topological polar surface area (TPSA) is 0 Å². The fourth-order valence-electron chi connectivity index (χ4n) is 1.50. The number of rotatable bonds is 4. The Morgan fingerprint density at radius 3 is 2.13 bits per heavy atom. The Labute approximate surface area is 100 Å². The van der Waals surface area contributed by atoms with E-state index in [-0.39, 0.29) is 0 Å². The van der Waals surface area contributed by atoms with Gasteiger partial charge in [-0.3, -0.25) is 0 Å². The molecule has 1 rings (SSSR count). The zero-order valence-corrected chi connectivity index (χ0v) is 11.7. The lowest BCUT2D eigenvalue weighted by Crippen LogP contribution is -2.07. The Morgan fingerprint density at radius 1 is 1.20 bits per heavy atom. The van der Waals surface area contributed by atoms with E-state index >= 15 is 0 Å². The molecule has 1 aromatic rings. The first kappa shape index (κ1) is 12.9. The van der Waals surface area contributed by atoms with Gasteiger partial charge >= 0.3 is 0 Å². The minimum absolute atomic E-state index is 0.504. The van der Waals surface area contributed by atoms with E-state index in [1.807, 2.05) is 0 Å². The van der Waals surface area contributed by atoms with Gasteiger partial charge in [0, 0.05) is 11.1 Å². The van der Waals surface area contributed by atoms with Gasteiger partial charge in [0.05, 0.1) is 0 Å². The minimum atomic E-state index is -0.504. The lowest BCUT2D eigenvalue weighted by molar-refractivity contribution is 1.07. The van der Waals surface area contributed by atoms with E-state index < -0.39 is 10.0 Å². The van der Waals surface area contributed by atoms with Crippen LogP contribution in [0, 0.1) is 0 Å². The third-order valence-corrected chi connectivity index (χ3v) is 7.29. The second kappa shape index (κ2) is 5.27. The summed E-state index contributed by atoms with van der Waals surface area (Å²) < 4.78 is 0. The zero-order valence-electron chi connectivity index (χ0n) is 10.1. The molecule has 0 radical (unpaired) electrons. The van der Waals surface area contributed by atoms with Gasteiger partial charge in [-0.05, 0) is 29.4 Å². The van der Waals surface area contributed by atoms with Crippen LogP contribution in [-0.2, 0) is 5.88 Å². The van der Waals surface area contributed by atoms with E-state index in [2.05, 4.69) is 50.6 Å². The van der Waals surface area contributed by atoms with Crippen LogP contribution in [0.3, 0.4) is 0 Å². The summed E-state index contributed by atoms with van der Waals surface area (Å²) in [4.78, 5) is 0. The predicted molar refractivity (Wildman–Crippen MR) is 74.4 cm³/mol. The first-order chi connectivity index (χ1) is 7.01. The molecule has 0 aliphatic heterocycles. The predicted octanol–water partition coefficient (Wildman–Crippen LogP) is 4.57. The maximum atomic E-state index is 5.78. The van der Waals surface area contributed by atoms with Crippen LogP contribution in [-0.4, -0.2) is 18.3 Å². The van der Waals surface area contributed by atoms with Crippen molar-refractivity contribution < 1.29 is 0 Å². The first-order valence-electron chi connectivity index (χ1n) is 5.36. The highest BCUT2D eigenvalue weighted by Crippen LogP contribution is 2.53. The summed E-state index contributed by atoms with van der Waals surface area (Å²) in [7, 11) is -0.504. The molecule has 0 amide bonds. The lowest BCUT2D eigenvalue weighted by atomic mass is 10.1. The Balaban J connectivity index is 2.87. The molecule has 1 atom stereocenters. The van der Waals surface area contributed by atoms with Crippen LogP contribution in [0.2, 0.25) is 0 Å². The number of alkyl halides is 1. The fourth-order valence-corrected chi connectivity index (χ4v) is 3.07. The standard InChI is InChI=1S/C13H21ClS/c1-5-15(3,4)11(2)13-8-6-12(10-14)7-9-13/h6-9,11H,5,10H2,1-4H3. The van der Waals surface area contributed by atoms with Crippen LogP contribution < -0.4 is 0 Å². The van der Waals surface area contributed by atoms with E-state index in [0.717, 1.165) is 0 Å². The molecule has 0 N–H and O–H groups in total. The molecule has 86 valence electrons. The summed E-state index contributed by atoms with van der Waals surface area (Å²) >= 11 is 5.78. The molecule has 0 aliphatic carbocycles. The number of hydrogen-bond acceptors (Lipinski definition) is 0. The van der Waals surface area contributed by atoms with Crippen molar-refractivity contribution in [1.82, 2.24) is 0 Å². The molecule has 0 heterocycles. The average Bonchev–Trinajstić information content (AvgIpc) is 2.28. The second-order valence-electron chi connectivity index (χ2n) is 4.43. The third kappa shape index (κ3) is 3.15. The lowest BCUT2D eigenvalue weighted by Gasteiger charge is -2.37. The summed E-state index contributed by atoms with van der Waals surface area (Å²) in [5.74, 6) is 1.89. The molecule has 2 heteroatoms. The molecule has 0 nitrogen and oxygen atoms in total. The van der Waals surface area contributed by atoms with Crippen molar-refractivity contribution in [1.29, 1.82) is 0 Å².